The summed E-state index contributed by atoms with van der Waals surface area (Å²) in [5.41, 5.74) is 2.07. The van der Waals surface area contributed by atoms with E-state index in [9.17, 15) is 9.59 Å². The third kappa shape index (κ3) is 3.42. The van der Waals surface area contributed by atoms with E-state index in [4.69, 9.17) is 0 Å². The molecule has 2 amide bonds. The van der Waals surface area contributed by atoms with Crippen molar-refractivity contribution in [2.45, 2.75) is 19.3 Å². The molecule has 2 saturated heterocycles. The smallest absolute Gasteiger partial charge is 0.246 e. The van der Waals surface area contributed by atoms with Crippen molar-refractivity contribution in [2.75, 3.05) is 31.1 Å². The quantitative estimate of drug-likeness (QED) is 0.860. The maximum Gasteiger partial charge on any atom is 0.246 e. The first-order valence-electron chi connectivity index (χ1n) is 7.59. The van der Waals surface area contributed by atoms with E-state index in [-0.39, 0.29) is 24.9 Å². The highest BCUT2D eigenvalue weighted by atomic mass is 16.2. The fourth-order valence-corrected chi connectivity index (χ4v) is 3.08. The number of hydrogen-bond donors (Lipinski definition) is 2. The second-order valence-corrected chi connectivity index (χ2v) is 5.84. The highest BCUT2D eigenvalue weighted by Crippen LogP contribution is 2.22. The van der Waals surface area contributed by atoms with E-state index < -0.39 is 0 Å². The van der Waals surface area contributed by atoms with Crippen LogP contribution in [-0.2, 0) is 16.0 Å². The van der Waals surface area contributed by atoms with Gasteiger partial charge in [-0.25, -0.2) is 0 Å². The first-order chi connectivity index (χ1) is 10.2. The topological polar surface area (TPSA) is 61.4 Å². The average molecular weight is 287 g/mol. The van der Waals surface area contributed by atoms with Crippen molar-refractivity contribution in [3.63, 3.8) is 0 Å². The maximum absolute atomic E-state index is 11.9. The summed E-state index contributed by atoms with van der Waals surface area (Å²) in [4.78, 5) is 25.0. The molecule has 5 heteroatoms. The number of piperidine rings is 1. The Morgan fingerprint density at radius 3 is 3.00 bits per heavy atom. The fourth-order valence-electron chi connectivity index (χ4n) is 3.08. The van der Waals surface area contributed by atoms with Gasteiger partial charge in [0.05, 0.1) is 6.54 Å². The number of nitrogens with one attached hydrogen (secondary N) is 2. The third-order valence-corrected chi connectivity index (χ3v) is 4.19. The fraction of sp³-hybridized carbons (Fsp3) is 0.500. The van der Waals surface area contributed by atoms with Gasteiger partial charge >= 0.3 is 0 Å². The molecule has 0 spiro atoms. The molecule has 112 valence electrons. The van der Waals surface area contributed by atoms with Gasteiger partial charge in [-0.3, -0.25) is 9.59 Å². The highest BCUT2D eigenvalue weighted by molar-refractivity contribution is 6.04. The summed E-state index contributed by atoms with van der Waals surface area (Å²) in [5, 5.41) is 6.00. The molecule has 2 aliphatic rings. The van der Waals surface area contributed by atoms with Gasteiger partial charge in [0, 0.05) is 5.69 Å². The minimum Gasteiger partial charge on any atom is -0.345 e. The van der Waals surface area contributed by atoms with Gasteiger partial charge in [-0.05, 0) is 56.0 Å². The third-order valence-electron chi connectivity index (χ3n) is 4.19. The van der Waals surface area contributed by atoms with E-state index in [2.05, 4.69) is 16.7 Å². The summed E-state index contributed by atoms with van der Waals surface area (Å²) >= 11 is 0. The number of anilines is 1. The second-order valence-electron chi connectivity index (χ2n) is 5.84. The van der Waals surface area contributed by atoms with Crippen molar-refractivity contribution >= 4 is 17.5 Å². The molecule has 1 atom stereocenters. The van der Waals surface area contributed by atoms with E-state index in [0.29, 0.717) is 5.92 Å². The molecule has 3 rings (SSSR count). The number of carbonyl (C=O) groups excluding carboxylic acids is 2. The average Bonchev–Trinajstić information content (AvgIpc) is 2.51. The Morgan fingerprint density at radius 1 is 1.29 bits per heavy atom. The van der Waals surface area contributed by atoms with Gasteiger partial charge in [-0.15, -0.1) is 0 Å². The lowest BCUT2D eigenvalue weighted by Gasteiger charge is -2.27. The number of hydrogen-bond acceptors (Lipinski definition) is 3. The van der Waals surface area contributed by atoms with Crippen LogP contribution in [0.2, 0.25) is 0 Å². The summed E-state index contributed by atoms with van der Waals surface area (Å²) < 4.78 is 0. The molecular formula is C16H21N3O2. The lowest BCUT2D eigenvalue weighted by atomic mass is 9.92. The van der Waals surface area contributed by atoms with Crippen molar-refractivity contribution in [1.82, 2.24) is 10.6 Å². The summed E-state index contributed by atoms with van der Waals surface area (Å²) in [6.07, 6.45) is 3.51. The molecule has 2 N–H and O–H groups in total. The van der Waals surface area contributed by atoms with Crippen LogP contribution >= 0.6 is 0 Å². The van der Waals surface area contributed by atoms with Crippen molar-refractivity contribution in [3.8, 4) is 0 Å². The molecule has 0 bridgehead atoms. The predicted molar refractivity (Wildman–Crippen MR) is 81.1 cm³/mol. The van der Waals surface area contributed by atoms with E-state index in [1.54, 1.807) is 4.90 Å². The van der Waals surface area contributed by atoms with E-state index in [1.807, 2.05) is 18.2 Å². The van der Waals surface area contributed by atoms with Gasteiger partial charge in [0.2, 0.25) is 11.8 Å². The van der Waals surface area contributed by atoms with E-state index >= 15 is 0 Å². The molecule has 0 aromatic heterocycles. The van der Waals surface area contributed by atoms with Crippen LogP contribution in [-0.4, -0.2) is 38.0 Å². The highest BCUT2D eigenvalue weighted by Gasteiger charge is 2.24. The molecule has 2 fully saturated rings. The van der Waals surface area contributed by atoms with E-state index in [0.717, 1.165) is 25.2 Å². The molecule has 5 nitrogen and oxygen atoms in total. The molecule has 2 aliphatic heterocycles. The molecular weight excluding hydrogens is 266 g/mol. The standard InChI is InChI=1S/C16H21N3O2/c20-15-11-19(16(21)10-18-15)14-5-1-3-12(8-14)7-13-4-2-6-17-9-13/h1,3,5,8,13,17H,2,4,6-7,9-11H2,(H,18,20). The maximum atomic E-state index is 11.9. The Morgan fingerprint density at radius 2 is 2.19 bits per heavy atom. The van der Waals surface area contributed by atoms with E-state index in [1.165, 1.54) is 18.4 Å². The Kier molecular flexibility index (Phi) is 4.20. The first-order valence-corrected chi connectivity index (χ1v) is 7.59. The van der Waals surface area contributed by atoms with Crippen LogP contribution in [0.5, 0.6) is 0 Å². The molecule has 0 radical (unpaired) electrons. The molecule has 1 aromatic carbocycles. The lowest BCUT2D eigenvalue weighted by Crippen LogP contribution is -2.51. The van der Waals surface area contributed by atoms with Gasteiger partial charge in [-0.2, -0.15) is 0 Å². The van der Waals surface area contributed by atoms with Gasteiger partial charge in [0.1, 0.15) is 6.54 Å². The van der Waals surface area contributed by atoms with Crippen LogP contribution in [0.25, 0.3) is 0 Å². The number of nitrogens with zero attached hydrogens (tertiary/aromatic N) is 1. The SMILES string of the molecule is O=C1CN(c2cccc(CC3CCCNC3)c2)C(=O)CN1. The van der Waals surface area contributed by atoms with Gasteiger partial charge in [-0.1, -0.05) is 12.1 Å². The van der Waals surface area contributed by atoms with Gasteiger partial charge in [0.15, 0.2) is 0 Å². The van der Waals surface area contributed by atoms with Crippen molar-refractivity contribution in [1.29, 1.82) is 0 Å². The zero-order valence-corrected chi connectivity index (χ0v) is 12.1. The molecule has 0 saturated carbocycles. The van der Waals surface area contributed by atoms with Gasteiger partial charge < -0.3 is 15.5 Å². The minimum atomic E-state index is -0.100. The largest absolute Gasteiger partial charge is 0.345 e. The molecule has 21 heavy (non-hydrogen) atoms. The number of amides is 2. The Labute approximate surface area is 124 Å². The molecule has 0 aliphatic carbocycles. The van der Waals surface area contributed by atoms with Crippen LogP contribution in [0.1, 0.15) is 18.4 Å². The Balaban J connectivity index is 1.72. The zero-order chi connectivity index (χ0) is 14.7. The Hall–Kier alpha value is -1.88. The summed E-state index contributed by atoms with van der Waals surface area (Å²) in [6.45, 7) is 2.39. The van der Waals surface area contributed by atoms with Crippen LogP contribution < -0.4 is 15.5 Å². The number of carbonyl (C=O) groups is 2. The molecule has 2 heterocycles. The number of rotatable bonds is 3. The minimum absolute atomic E-state index is 0.0499. The zero-order valence-electron chi connectivity index (χ0n) is 12.1. The predicted octanol–water partition coefficient (Wildman–Crippen LogP) is 0.691. The van der Waals surface area contributed by atoms with Crippen LogP contribution in [0.3, 0.4) is 0 Å². The normalized spacial score (nSPS) is 23.0. The summed E-state index contributed by atoms with van der Waals surface area (Å²) in [5.74, 6) is 0.511. The lowest BCUT2D eigenvalue weighted by molar-refractivity contribution is -0.128. The van der Waals surface area contributed by atoms with Crippen LogP contribution in [0.4, 0.5) is 5.69 Å². The second kappa shape index (κ2) is 6.26. The van der Waals surface area contributed by atoms with Crippen molar-refractivity contribution < 1.29 is 9.59 Å². The monoisotopic (exact) mass is 287 g/mol. The van der Waals surface area contributed by atoms with Crippen molar-refractivity contribution in [3.05, 3.63) is 29.8 Å². The molecule has 1 unspecified atom stereocenters. The Bertz CT molecular complexity index is 538. The number of piperazine rings is 1. The van der Waals surface area contributed by atoms with Gasteiger partial charge in [0.25, 0.3) is 0 Å². The first kappa shape index (κ1) is 14.1. The van der Waals surface area contributed by atoms with Crippen molar-refractivity contribution in [2.24, 2.45) is 5.92 Å². The van der Waals surface area contributed by atoms with Crippen LogP contribution in [0.15, 0.2) is 24.3 Å². The molecule has 1 aromatic rings. The van der Waals surface area contributed by atoms with Crippen LogP contribution in [0, 0.1) is 5.92 Å². The number of benzene rings is 1. The summed E-state index contributed by atoms with van der Waals surface area (Å²) in [6, 6.07) is 8.03. The summed E-state index contributed by atoms with van der Waals surface area (Å²) in [7, 11) is 0.